The number of piperidine rings is 1. The number of anilines is 3. The van der Waals surface area contributed by atoms with E-state index in [1.807, 2.05) is 14.1 Å². The highest BCUT2D eigenvalue weighted by Gasteiger charge is 2.25. The summed E-state index contributed by atoms with van der Waals surface area (Å²) in [6.07, 6.45) is 9.28. The fraction of sp³-hybridized carbons (Fsp3) is 0.577. The van der Waals surface area contributed by atoms with Crippen molar-refractivity contribution in [3.8, 4) is 5.75 Å². The van der Waals surface area contributed by atoms with Gasteiger partial charge in [-0.05, 0) is 65.2 Å². The number of likely N-dealkylation sites (N-methyl/N-ethyl adjacent to an activating group) is 1. The molecule has 1 saturated carbocycles. The number of thiol groups is 1. The molecule has 4 N–H and O–H groups in total. The van der Waals surface area contributed by atoms with E-state index >= 15 is 4.39 Å². The predicted molar refractivity (Wildman–Crippen MR) is 155 cm³/mol. The SMILES string of the molecule is CN[C@@H]1CCCC[C@H]1Nc1nc(Nc2cc(F)c(C(=O)NC3CCN(C)CC3)cc2OC)ncc1Cl.CS. The van der Waals surface area contributed by atoms with Crippen LogP contribution in [0.4, 0.5) is 21.8 Å². The summed E-state index contributed by atoms with van der Waals surface area (Å²) < 4.78 is 20.5. The third-order valence-corrected chi connectivity index (χ3v) is 7.31. The van der Waals surface area contributed by atoms with E-state index in [0.717, 1.165) is 45.2 Å². The number of rotatable bonds is 8. The number of nitrogens with zero attached hydrogens (tertiary/aromatic N) is 3. The molecule has 4 rings (SSSR count). The molecule has 0 radical (unpaired) electrons. The molecule has 1 aromatic carbocycles. The normalized spacial score (nSPS) is 20.2. The maximum absolute atomic E-state index is 15.0. The second-order valence-electron chi connectivity index (χ2n) is 9.53. The second-order valence-corrected chi connectivity index (χ2v) is 9.94. The third kappa shape index (κ3) is 7.84. The zero-order valence-electron chi connectivity index (χ0n) is 22.5. The van der Waals surface area contributed by atoms with Crippen LogP contribution in [0.15, 0.2) is 18.3 Å². The first kappa shape index (κ1) is 30.2. The number of halogens is 2. The molecular weight excluding hydrogens is 529 g/mol. The van der Waals surface area contributed by atoms with Crippen LogP contribution in [-0.2, 0) is 0 Å². The van der Waals surface area contributed by atoms with Gasteiger partial charge in [0.1, 0.15) is 16.6 Å². The van der Waals surface area contributed by atoms with Gasteiger partial charge < -0.3 is 30.9 Å². The zero-order valence-corrected chi connectivity index (χ0v) is 24.1. The number of hydrogen-bond acceptors (Lipinski definition) is 9. The van der Waals surface area contributed by atoms with Crippen LogP contribution in [0.3, 0.4) is 0 Å². The molecule has 1 amide bonds. The molecule has 1 aliphatic heterocycles. The van der Waals surface area contributed by atoms with Gasteiger partial charge in [-0.3, -0.25) is 4.79 Å². The Kier molecular flexibility index (Phi) is 11.7. The number of carbonyl (C=O) groups excluding carboxylic acids is 1. The molecule has 0 unspecified atom stereocenters. The van der Waals surface area contributed by atoms with Gasteiger partial charge >= 0.3 is 0 Å². The maximum atomic E-state index is 15.0. The predicted octanol–water partition coefficient (Wildman–Crippen LogP) is 4.33. The van der Waals surface area contributed by atoms with E-state index < -0.39 is 11.7 Å². The van der Waals surface area contributed by atoms with Crippen molar-refractivity contribution in [2.24, 2.45) is 0 Å². The van der Waals surface area contributed by atoms with Gasteiger partial charge in [-0.2, -0.15) is 17.6 Å². The van der Waals surface area contributed by atoms with E-state index in [1.165, 1.54) is 31.9 Å². The van der Waals surface area contributed by atoms with Crippen molar-refractivity contribution < 1.29 is 13.9 Å². The van der Waals surface area contributed by atoms with Crippen molar-refractivity contribution in [3.05, 3.63) is 34.7 Å². The molecule has 2 fully saturated rings. The number of carbonyl (C=O) groups is 1. The minimum Gasteiger partial charge on any atom is -0.495 e. The molecule has 0 bridgehead atoms. The van der Waals surface area contributed by atoms with Crippen LogP contribution in [0, 0.1) is 5.82 Å². The third-order valence-electron chi connectivity index (χ3n) is 7.04. The lowest BCUT2D eigenvalue weighted by atomic mass is 9.90. The fourth-order valence-corrected chi connectivity index (χ4v) is 5.03. The van der Waals surface area contributed by atoms with Gasteiger partial charge in [0.15, 0.2) is 5.82 Å². The number of methoxy groups -OCH3 is 1. The number of aromatic nitrogens is 2. The van der Waals surface area contributed by atoms with Crippen LogP contribution in [-0.4, -0.2) is 79.5 Å². The molecular formula is C26H39ClFN7O2S. The van der Waals surface area contributed by atoms with Crippen molar-refractivity contribution in [2.45, 2.75) is 56.7 Å². The van der Waals surface area contributed by atoms with E-state index in [4.69, 9.17) is 16.3 Å². The van der Waals surface area contributed by atoms with Gasteiger partial charge in [-0.1, -0.05) is 24.4 Å². The number of benzene rings is 1. The summed E-state index contributed by atoms with van der Waals surface area (Å²) in [5, 5.41) is 13.1. The second kappa shape index (κ2) is 14.7. The molecule has 2 heterocycles. The standard InChI is InChI=1S/C25H35ClFN7O2.CH4S/c1-28-19-6-4-5-7-20(19)31-23-17(26)14-29-25(33-23)32-21-13-18(27)16(12-22(21)36-3)24(35)30-15-8-10-34(2)11-9-15;1-2/h12-15,19-20,28H,4-11H2,1-3H3,(H,30,35)(H2,29,31,32,33);2H,1H3/t19-,20-;/m1./s1. The molecule has 9 nitrogen and oxygen atoms in total. The summed E-state index contributed by atoms with van der Waals surface area (Å²) in [5.41, 5.74) is 0.246. The topological polar surface area (TPSA) is 103 Å². The summed E-state index contributed by atoms with van der Waals surface area (Å²) in [6.45, 7) is 1.79. The van der Waals surface area contributed by atoms with Gasteiger partial charge in [-0.15, -0.1) is 0 Å². The van der Waals surface area contributed by atoms with E-state index in [2.05, 4.69) is 48.8 Å². The Balaban J connectivity index is 0.00000195. The minimum atomic E-state index is -0.657. The number of hydrogen-bond donors (Lipinski definition) is 5. The molecule has 1 aromatic heterocycles. The number of likely N-dealkylation sites (tertiary alicyclic amines) is 1. The van der Waals surface area contributed by atoms with Crippen LogP contribution in [0.1, 0.15) is 48.9 Å². The summed E-state index contributed by atoms with van der Waals surface area (Å²) in [4.78, 5) is 23.8. The smallest absolute Gasteiger partial charge is 0.254 e. The maximum Gasteiger partial charge on any atom is 0.254 e. The summed E-state index contributed by atoms with van der Waals surface area (Å²) in [7, 11) is 5.47. The fourth-order valence-electron chi connectivity index (χ4n) is 4.88. The molecule has 1 saturated heterocycles. The molecule has 1 aliphatic carbocycles. The van der Waals surface area contributed by atoms with Crippen LogP contribution >= 0.6 is 24.2 Å². The van der Waals surface area contributed by atoms with E-state index in [9.17, 15) is 4.79 Å². The Hall–Kier alpha value is -2.34. The Bertz CT molecular complexity index is 1070. The first-order valence-corrected chi connectivity index (χ1v) is 14.2. The number of nitrogens with one attached hydrogen (secondary N) is 4. The summed E-state index contributed by atoms with van der Waals surface area (Å²) in [5.74, 6) is -0.0573. The van der Waals surface area contributed by atoms with Crippen molar-refractivity contribution in [3.63, 3.8) is 0 Å². The molecule has 12 heteroatoms. The van der Waals surface area contributed by atoms with Gasteiger partial charge in [0, 0.05) is 24.2 Å². The van der Waals surface area contributed by atoms with Gasteiger partial charge in [-0.25, -0.2) is 9.37 Å². The molecule has 38 heavy (non-hydrogen) atoms. The largest absolute Gasteiger partial charge is 0.495 e. The van der Waals surface area contributed by atoms with E-state index in [0.29, 0.717) is 28.3 Å². The molecule has 2 atom stereocenters. The lowest BCUT2D eigenvalue weighted by Gasteiger charge is -2.32. The monoisotopic (exact) mass is 567 g/mol. The van der Waals surface area contributed by atoms with Crippen molar-refractivity contribution in [1.29, 1.82) is 0 Å². The summed E-state index contributed by atoms with van der Waals surface area (Å²) >= 11 is 9.90. The Labute approximate surface area is 235 Å². The molecule has 2 aliphatic rings. The summed E-state index contributed by atoms with van der Waals surface area (Å²) in [6, 6.07) is 3.17. The van der Waals surface area contributed by atoms with Gasteiger partial charge in [0.05, 0.1) is 24.6 Å². The highest BCUT2D eigenvalue weighted by atomic mass is 35.5. The average Bonchev–Trinajstić information content (AvgIpc) is 2.93. The van der Waals surface area contributed by atoms with E-state index in [1.54, 1.807) is 6.26 Å². The van der Waals surface area contributed by atoms with E-state index in [-0.39, 0.29) is 23.6 Å². The minimum absolute atomic E-state index is 0.0250. The first-order chi connectivity index (χ1) is 18.4. The van der Waals surface area contributed by atoms with Gasteiger partial charge in [0.2, 0.25) is 5.95 Å². The van der Waals surface area contributed by atoms with Crippen LogP contribution < -0.4 is 26.0 Å². The van der Waals surface area contributed by atoms with Crippen LogP contribution in [0.5, 0.6) is 5.75 Å². The lowest BCUT2D eigenvalue weighted by molar-refractivity contribution is 0.0912. The highest BCUT2D eigenvalue weighted by molar-refractivity contribution is 7.79. The lowest BCUT2D eigenvalue weighted by Crippen LogP contribution is -2.44. The quantitative estimate of drug-likeness (QED) is 0.300. The highest BCUT2D eigenvalue weighted by Crippen LogP contribution is 2.32. The number of ether oxygens (including phenoxy) is 1. The average molecular weight is 568 g/mol. The van der Waals surface area contributed by atoms with Gasteiger partial charge in [0.25, 0.3) is 5.91 Å². The Morgan fingerprint density at radius 1 is 1.16 bits per heavy atom. The Morgan fingerprint density at radius 3 is 2.50 bits per heavy atom. The van der Waals surface area contributed by atoms with Crippen molar-refractivity contribution >= 4 is 47.6 Å². The number of amides is 1. The Morgan fingerprint density at radius 2 is 1.84 bits per heavy atom. The first-order valence-electron chi connectivity index (χ1n) is 12.9. The molecule has 210 valence electrons. The zero-order chi connectivity index (χ0) is 27.7. The van der Waals surface area contributed by atoms with Crippen molar-refractivity contribution in [2.75, 3.05) is 51.2 Å². The van der Waals surface area contributed by atoms with Crippen LogP contribution in [0.2, 0.25) is 5.02 Å². The molecule has 0 spiro atoms. The van der Waals surface area contributed by atoms with Crippen molar-refractivity contribution in [1.82, 2.24) is 25.5 Å². The van der Waals surface area contributed by atoms with Crippen LogP contribution in [0.25, 0.3) is 0 Å². The molecule has 2 aromatic rings.